The molecule has 1 aromatic heterocycles. The fourth-order valence-corrected chi connectivity index (χ4v) is 2.79. The predicted molar refractivity (Wildman–Crippen MR) is 94.4 cm³/mol. The zero-order valence-corrected chi connectivity index (χ0v) is 14.3. The third-order valence-corrected chi connectivity index (χ3v) is 4.22. The molecule has 2 amide bonds. The van der Waals surface area contributed by atoms with Crippen molar-refractivity contribution in [1.82, 2.24) is 10.2 Å². The quantitative estimate of drug-likeness (QED) is 0.704. The Labute approximate surface area is 155 Å². The van der Waals surface area contributed by atoms with Gasteiger partial charge in [-0.2, -0.15) is 13.2 Å². The van der Waals surface area contributed by atoms with Gasteiger partial charge in [0.25, 0.3) is 5.91 Å². The third kappa shape index (κ3) is 4.67. The van der Waals surface area contributed by atoms with Crippen LogP contribution in [0.2, 0.25) is 0 Å². The topological polar surface area (TPSA) is 84.0 Å². The highest BCUT2D eigenvalue weighted by molar-refractivity contribution is 7.18. The molecule has 0 radical (unpaired) electrons. The zero-order chi connectivity index (χ0) is 19.4. The van der Waals surface area contributed by atoms with Crippen molar-refractivity contribution in [2.45, 2.75) is 6.18 Å². The Hall–Kier alpha value is -3.27. The molecular weight excluding hydrogens is 381 g/mol. The maximum atomic E-state index is 12.2. The molecule has 0 aliphatic rings. The number of nitrogens with one attached hydrogen (secondary N) is 2. The van der Waals surface area contributed by atoms with Crippen molar-refractivity contribution in [3.8, 4) is 10.6 Å². The van der Waals surface area contributed by atoms with E-state index < -0.39 is 18.0 Å². The summed E-state index contributed by atoms with van der Waals surface area (Å²) in [7, 11) is 0. The molecule has 27 heavy (non-hydrogen) atoms. The number of rotatable bonds is 4. The minimum Gasteiger partial charge on any atom is -0.318 e. The van der Waals surface area contributed by atoms with Gasteiger partial charge in [-0.1, -0.05) is 41.7 Å². The fraction of sp³-hybridized carbons (Fsp3) is 0.0588. The molecule has 0 fully saturated rings. The van der Waals surface area contributed by atoms with Crippen LogP contribution in [0.5, 0.6) is 0 Å². The molecule has 0 unspecified atom stereocenters. The van der Waals surface area contributed by atoms with Crippen molar-refractivity contribution in [2.75, 3.05) is 10.6 Å². The number of alkyl halides is 3. The molecule has 2 aromatic carbocycles. The lowest BCUT2D eigenvalue weighted by Crippen LogP contribution is -2.29. The van der Waals surface area contributed by atoms with Crippen LogP contribution in [0.25, 0.3) is 10.6 Å². The Morgan fingerprint density at radius 3 is 2.19 bits per heavy atom. The molecule has 3 rings (SSSR count). The Balaban J connectivity index is 1.65. The second kappa shape index (κ2) is 7.54. The van der Waals surface area contributed by atoms with Gasteiger partial charge < -0.3 is 5.32 Å². The van der Waals surface area contributed by atoms with Crippen molar-refractivity contribution in [1.29, 1.82) is 0 Å². The number of carbonyl (C=O) groups is 2. The molecule has 0 atom stereocenters. The standard InChI is InChI=1S/C17H11F3N4O2S/c18-17(19,20)15(26)21-12-8-6-10(7-9-12)13(25)22-16-24-23-14(27-16)11-4-2-1-3-5-11/h1-9H,(H,21,26)(H,22,24,25). The fourth-order valence-electron chi connectivity index (χ4n) is 2.05. The summed E-state index contributed by atoms with van der Waals surface area (Å²) < 4.78 is 36.7. The lowest BCUT2D eigenvalue weighted by atomic mass is 10.2. The van der Waals surface area contributed by atoms with E-state index >= 15 is 0 Å². The normalized spacial score (nSPS) is 11.1. The van der Waals surface area contributed by atoms with E-state index in [2.05, 4.69) is 15.5 Å². The Kier molecular flexibility index (Phi) is 5.17. The van der Waals surface area contributed by atoms with E-state index in [9.17, 15) is 22.8 Å². The van der Waals surface area contributed by atoms with E-state index in [1.807, 2.05) is 30.3 Å². The maximum absolute atomic E-state index is 12.2. The molecule has 138 valence electrons. The molecule has 10 heteroatoms. The van der Waals surface area contributed by atoms with Crippen LogP contribution in [0.15, 0.2) is 54.6 Å². The number of hydrogen-bond donors (Lipinski definition) is 2. The summed E-state index contributed by atoms with van der Waals surface area (Å²) in [5.74, 6) is -2.58. The van der Waals surface area contributed by atoms with Crippen LogP contribution in [0.3, 0.4) is 0 Å². The van der Waals surface area contributed by atoms with Crippen molar-refractivity contribution < 1.29 is 22.8 Å². The van der Waals surface area contributed by atoms with Crippen LogP contribution in [0, 0.1) is 0 Å². The number of amides is 2. The molecule has 1 heterocycles. The van der Waals surface area contributed by atoms with E-state index in [-0.39, 0.29) is 16.4 Å². The Bertz CT molecular complexity index is 956. The van der Waals surface area contributed by atoms with Gasteiger partial charge in [0, 0.05) is 16.8 Å². The van der Waals surface area contributed by atoms with Crippen LogP contribution in [-0.4, -0.2) is 28.2 Å². The van der Waals surface area contributed by atoms with Crippen molar-refractivity contribution in [2.24, 2.45) is 0 Å². The van der Waals surface area contributed by atoms with Gasteiger partial charge in [0.15, 0.2) is 0 Å². The second-order valence-electron chi connectivity index (χ2n) is 5.26. The van der Waals surface area contributed by atoms with Crippen molar-refractivity contribution in [3.63, 3.8) is 0 Å². The van der Waals surface area contributed by atoms with Gasteiger partial charge in [-0.15, -0.1) is 10.2 Å². The van der Waals surface area contributed by atoms with Gasteiger partial charge in [0.2, 0.25) is 5.13 Å². The number of carbonyl (C=O) groups excluding carboxylic acids is 2. The van der Waals surface area contributed by atoms with Crippen LogP contribution in [0.1, 0.15) is 10.4 Å². The monoisotopic (exact) mass is 392 g/mol. The first-order chi connectivity index (χ1) is 12.8. The van der Waals surface area contributed by atoms with Crippen LogP contribution in [-0.2, 0) is 4.79 Å². The van der Waals surface area contributed by atoms with E-state index in [1.165, 1.54) is 35.6 Å². The predicted octanol–water partition coefficient (Wildman–Crippen LogP) is 3.96. The summed E-state index contributed by atoms with van der Waals surface area (Å²) in [5.41, 5.74) is 0.980. The number of hydrogen-bond acceptors (Lipinski definition) is 5. The molecule has 0 bridgehead atoms. The van der Waals surface area contributed by atoms with Gasteiger partial charge in [0.05, 0.1) is 0 Å². The molecule has 6 nitrogen and oxygen atoms in total. The summed E-state index contributed by atoms with van der Waals surface area (Å²) >= 11 is 1.19. The largest absolute Gasteiger partial charge is 0.471 e. The van der Waals surface area contributed by atoms with Crippen LogP contribution in [0.4, 0.5) is 24.0 Å². The number of benzene rings is 2. The number of aromatic nitrogens is 2. The van der Waals surface area contributed by atoms with E-state index in [4.69, 9.17) is 0 Å². The SMILES string of the molecule is O=C(Nc1nnc(-c2ccccc2)s1)c1ccc(NC(=O)C(F)(F)F)cc1. The molecule has 3 aromatic rings. The number of nitrogens with zero attached hydrogens (tertiary/aromatic N) is 2. The first kappa shape index (κ1) is 18.5. The molecule has 0 saturated carbocycles. The molecule has 0 spiro atoms. The highest BCUT2D eigenvalue weighted by Gasteiger charge is 2.38. The average Bonchev–Trinajstić information content (AvgIpc) is 3.10. The maximum Gasteiger partial charge on any atom is 0.471 e. The molecule has 2 N–H and O–H groups in total. The van der Waals surface area contributed by atoms with Gasteiger partial charge >= 0.3 is 12.1 Å². The van der Waals surface area contributed by atoms with E-state index in [0.717, 1.165) is 5.56 Å². The molecular formula is C17H11F3N4O2S. The average molecular weight is 392 g/mol. The van der Waals surface area contributed by atoms with Crippen LogP contribution < -0.4 is 10.6 Å². The van der Waals surface area contributed by atoms with Crippen LogP contribution >= 0.6 is 11.3 Å². The number of anilines is 2. The summed E-state index contributed by atoms with van der Waals surface area (Å²) in [5, 5.41) is 13.1. The van der Waals surface area contributed by atoms with Crippen molar-refractivity contribution >= 4 is 34.0 Å². The molecule has 0 aliphatic heterocycles. The molecule has 0 saturated heterocycles. The Morgan fingerprint density at radius 2 is 1.56 bits per heavy atom. The lowest BCUT2D eigenvalue weighted by molar-refractivity contribution is -0.167. The smallest absolute Gasteiger partial charge is 0.318 e. The minimum absolute atomic E-state index is 0.0730. The minimum atomic E-state index is -4.98. The van der Waals surface area contributed by atoms with Crippen molar-refractivity contribution in [3.05, 3.63) is 60.2 Å². The summed E-state index contributed by atoms with van der Waals surface area (Å²) in [6.45, 7) is 0. The highest BCUT2D eigenvalue weighted by atomic mass is 32.1. The second-order valence-corrected chi connectivity index (χ2v) is 6.24. The first-order valence-corrected chi connectivity index (χ1v) is 8.33. The van der Waals surface area contributed by atoms with Gasteiger partial charge in [-0.3, -0.25) is 14.9 Å². The van der Waals surface area contributed by atoms with E-state index in [0.29, 0.717) is 5.01 Å². The molecule has 0 aliphatic carbocycles. The summed E-state index contributed by atoms with van der Waals surface area (Å²) in [4.78, 5) is 23.1. The van der Waals surface area contributed by atoms with Gasteiger partial charge in [-0.25, -0.2) is 0 Å². The first-order valence-electron chi connectivity index (χ1n) is 7.51. The highest BCUT2D eigenvalue weighted by Crippen LogP contribution is 2.26. The lowest BCUT2D eigenvalue weighted by Gasteiger charge is -2.08. The van der Waals surface area contributed by atoms with Gasteiger partial charge in [-0.05, 0) is 24.3 Å². The zero-order valence-electron chi connectivity index (χ0n) is 13.4. The number of halogens is 3. The van der Waals surface area contributed by atoms with Gasteiger partial charge in [0.1, 0.15) is 5.01 Å². The Morgan fingerprint density at radius 1 is 0.889 bits per heavy atom. The third-order valence-electron chi connectivity index (χ3n) is 3.33. The summed E-state index contributed by atoms with van der Waals surface area (Å²) in [6, 6.07) is 14.3. The van der Waals surface area contributed by atoms with E-state index in [1.54, 1.807) is 5.32 Å². The summed E-state index contributed by atoms with van der Waals surface area (Å²) in [6.07, 6.45) is -4.98.